The van der Waals surface area contributed by atoms with Crippen LogP contribution in [0.15, 0.2) is 52.3 Å². The molecule has 0 aliphatic rings. The van der Waals surface area contributed by atoms with Gasteiger partial charge in [0.1, 0.15) is 5.75 Å². The van der Waals surface area contributed by atoms with Crippen LogP contribution >= 0.6 is 0 Å². The number of hydrogen-bond acceptors (Lipinski definition) is 5. The average molecular weight is 308 g/mol. The zero-order valence-corrected chi connectivity index (χ0v) is 12.8. The third-order valence-electron chi connectivity index (χ3n) is 3.04. The molecule has 0 radical (unpaired) electrons. The van der Waals surface area contributed by atoms with Crippen LogP contribution in [0.1, 0.15) is 0 Å². The molecule has 2 rings (SSSR count). The number of methoxy groups -OCH3 is 3. The van der Waals surface area contributed by atoms with E-state index in [-0.39, 0.29) is 9.79 Å². The number of ether oxygens (including phenoxy) is 3. The van der Waals surface area contributed by atoms with Crippen molar-refractivity contribution in [3.63, 3.8) is 0 Å². The molecule has 0 fully saturated rings. The Morgan fingerprint density at radius 3 is 1.81 bits per heavy atom. The maximum absolute atomic E-state index is 12.6. The van der Waals surface area contributed by atoms with E-state index in [0.29, 0.717) is 17.2 Å². The fourth-order valence-corrected chi connectivity index (χ4v) is 3.15. The zero-order chi connectivity index (χ0) is 15.5. The van der Waals surface area contributed by atoms with Crippen molar-refractivity contribution in [3.8, 4) is 17.2 Å². The van der Waals surface area contributed by atoms with Crippen LogP contribution in [0.4, 0.5) is 0 Å². The molecule has 112 valence electrons. The summed E-state index contributed by atoms with van der Waals surface area (Å²) in [6, 6.07) is 10.7. The molecule has 0 aliphatic carbocycles. The Bertz CT molecular complexity index is 720. The summed E-state index contributed by atoms with van der Waals surface area (Å²) in [7, 11) is 0.868. The molecule has 2 aromatic rings. The molecule has 0 heterocycles. The van der Waals surface area contributed by atoms with Gasteiger partial charge in [-0.25, -0.2) is 8.42 Å². The van der Waals surface area contributed by atoms with Gasteiger partial charge in [-0.3, -0.25) is 0 Å². The molecule has 5 nitrogen and oxygen atoms in total. The summed E-state index contributed by atoms with van der Waals surface area (Å²) in [6.45, 7) is 0. The molecule has 0 N–H and O–H groups in total. The van der Waals surface area contributed by atoms with E-state index in [1.165, 1.54) is 45.6 Å². The molecular formula is C15H16O5S. The second-order valence-corrected chi connectivity index (χ2v) is 6.15. The highest BCUT2D eigenvalue weighted by Crippen LogP contribution is 2.32. The van der Waals surface area contributed by atoms with Crippen LogP contribution in [0, 0.1) is 0 Å². The van der Waals surface area contributed by atoms with Crippen LogP contribution < -0.4 is 14.2 Å². The highest BCUT2D eigenvalue weighted by atomic mass is 32.2. The fourth-order valence-electron chi connectivity index (χ4n) is 1.87. The lowest BCUT2D eigenvalue weighted by molar-refractivity contribution is 0.354. The van der Waals surface area contributed by atoms with Crippen LogP contribution in [-0.4, -0.2) is 29.7 Å². The minimum atomic E-state index is -3.61. The second kappa shape index (κ2) is 6.05. The second-order valence-electron chi connectivity index (χ2n) is 4.20. The van der Waals surface area contributed by atoms with Crippen LogP contribution in [0.25, 0.3) is 0 Å². The molecule has 0 saturated carbocycles. The Balaban J connectivity index is 2.47. The quantitative estimate of drug-likeness (QED) is 0.849. The van der Waals surface area contributed by atoms with Gasteiger partial charge in [-0.1, -0.05) is 0 Å². The van der Waals surface area contributed by atoms with Gasteiger partial charge in [0, 0.05) is 6.07 Å². The Kier molecular flexibility index (Phi) is 4.37. The maximum Gasteiger partial charge on any atom is 0.206 e. The van der Waals surface area contributed by atoms with E-state index in [0.717, 1.165) is 0 Å². The van der Waals surface area contributed by atoms with Gasteiger partial charge < -0.3 is 14.2 Å². The van der Waals surface area contributed by atoms with Gasteiger partial charge in [-0.05, 0) is 36.4 Å². The lowest BCUT2D eigenvalue weighted by Crippen LogP contribution is -2.03. The van der Waals surface area contributed by atoms with Crippen molar-refractivity contribution in [2.75, 3.05) is 21.3 Å². The van der Waals surface area contributed by atoms with Gasteiger partial charge in [0.2, 0.25) is 9.84 Å². The third kappa shape index (κ3) is 2.95. The number of sulfone groups is 1. The number of benzene rings is 2. The molecular weight excluding hydrogens is 292 g/mol. The Morgan fingerprint density at radius 1 is 0.714 bits per heavy atom. The number of hydrogen-bond donors (Lipinski definition) is 0. The summed E-state index contributed by atoms with van der Waals surface area (Å²) in [5.74, 6) is 1.44. The van der Waals surface area contributed by atoms with Crippen molar-refractivity contribution < 1.29 is 22.6 Å². The normalized spacial score (nSPS) is 11.0. The topological polar surface area (TPSA) is 61.8 Å². The van der Waals surface area contributed by atoms with Crippen molar-refractivity contribution >= 4 is 9.84 Å². The first-order valence-corrected chi connectivity index (χ1v) is 7.62. The van der Waals surface area contributed by atoms with Gasteiger partial charge >= 0.3 is 0 Å². The van der Waals surface area contributed by atoms with E-state index >= 15 is 0 Å². The molecule has 0 aromatic heterocycles. The predicted octanol–water partition coefficient (Wildman–Crippen LogP) is 2.55. The first-order chi connectivity index (χ1) is 10.0. The van der Waals surface area contributed by atoms with Gasteiger partial charge in [0.15, 0.2) is 11.5 Å². The minimum Gasteiger partial charge on any atom is -0.497 e. The van der Waals surface area contributed by atoms with E-state index in [2.05, 4.69) is 0 Å². The smallest absolute Gasteiger partial charge is 0.206 e. The molecule has 0 spiro atoms. The summed E-state index contributed by atoms with van der Waals surface area (Å²) < 4.78 is 40.4. The summed E-state index contributed by atoms with van der Waals surface area (Å²) in [5, 5.41) is 0. The number of rotatable bonds is 5. The van der Waals surface area contributed by atoms with E-state index in [4.69, 9.17) is 14.2 Å². The van der Waals surface area contributed by atoms with Crippen molar-refractivity contribution in [1.29, 1.82) is 0 Å². The molecule has 0 aliphatic heterocycles. The van der Waals surface area contributed by atoms with Crippen LogP contribution in [0.3, 0.4) is 0 Å². The molecule has 0 saturated heterocycles. The monoisotopic (exact) mass is 308 g/mol. The van der Waals surface area contributed by atoms with Crippen molar-refractivity contribution in [2.45, 2.75) is 9.79 Å². The van der Waals surface area contributed by atoms with Gasteiger partial charge in [-0.15, -0.1) is 0 Å². The summed E-state index contributed by atoms with van der Waals surface area (Å²) >= 11 is 0. The minimum absolute atomic E-state index is 0.144. The van der Waals surface area contributed by atoms with E-state index in [1.807, 2.05) is 0 Å². The predicted molar refractivity (Wildman–Crippen MR) is 78.0 cm³/mol. The molecule has 6 heteroatoms. The molecule has 21 heavy (non-hydrogen) atoms. The Hall–Kier alpha value is -2.21. The van der Waals surface area contributed by atoms with Gasteiger partial charge in [-0.2, -0.15) is 0 Å². The standard InChI is InChI=1S/C15H16O5S/c1-18-11-4-6-12(7-5-11)21(16,17)13-8-9-14(19-2)15(10-13)20-3/h4-10H,1-3H3. The van der Waals surface area contributed by atoms with E-state index < -0.39 is 9.84 Å². The van der Waals surface area contributed by atoms with Gasteiger partial charge in [0.25, 0.3) is 0 Å². The summed E-state index contributed by atoms with van der Waals surface area (Å²) in [6.07, 6.45) is 0. The van der Waals surface area contributed by atoms with E-state index in [9.17, 15) is 8.42 Å². The molecule has 0 amide bonds. The van der Waals surface area contributed by atoms with Crippen molar-refractivity contribution in [3.05, 3.63) is 42.5 Å². The highest BCUT2D eigenvalue weighted by molar-refractivity contribution is 7.91. The lowest BCUT2D eigenvalue weighted by atomic mass is 10.3. The largest absolute Gasteiger partial charge is 0.497 e. The SMILES string of the molecule is COc1ccc(S(=O)(=O)c2ccc(OC)c(OC)c2)cc1. The van der Waals surface area contributed by atoms with Crippen molar-refractivity contribution in [1.82, 2.24) is 0 Å². The Labute approximate surface area is 124 Å². The lowest BCUT2D eigenvalue weighted by Gasteiger charge is -2.10. The Morgan fingerprint density at radius 2 is 1.29 bits per heavy atom. The highest BCUT2D eigenvalue weighted by Gasteiger charge is 2.19. The molecule has 0 bridgehead atoms. The fraction of sp³-hybridized carbons (Fsp3) is 0.200. The summed E-state index contributed by atoms with van der Waals surface area (Å²) in [5.41, 5.74) is 0. The van der Waals surface area contributed by atoms with Crippen LogP contribution in [0.2, 0.25) is 0 Å². The molecule has 0 atom stereocenters. The third-order valence-corrected chi connectivity index (χ3v) is 4.80. The average Bonchev–Trinajstić information content (AvgIpc) is 2.54. The van der Waals surface area contributed by atoms with Crippen LogP contribution in [0.5, 0.6) is 17.2 Å². The first kappa shape index (κ1) is 15.2. The molecule has 0 unspecified atom stereocenters. The molecule has 2 aromatic carbocycles. The van der Waals surface area contributed by atoms with Crippen LogP contribution in [-0.2, 0) is 9.84 Å². The van der Waals surface area contributed by atoms with Crippen molar-refractivity contribution in [2.24, 2.45) is 0 Å². The zero-order valence-electron chi connectivity index (χ0n) is 12.0. The summed E-state index contributed by atoms with van der Waals surface area (Å²) in [4.78, 5) is 0.334. The maximum atomic E-state index is 12.6. The van der Waals surface area contributed by atoms with Gasteiger partial charge in [0.05, 0.1) is 31.1 Å². The first-order valence-electron chi connectivity index (χ1n) is 6.14. The van der Waals surface area contributed by atoms with E-state index in [1.54, 1.807) is 18.2 Å².